The predicted octanol–water partition coefficient (Wildman–Crippen LogP) is 8.80. The number of hydrogen-bond acceptors (Lipinski definition) is 5. The lowest BCUT2D eigenvalue weighted by Gasteiger charge is -2.23. The first-order valence-corrected chi connectivity index (χ1v) is 14.9. The number of aromatic hydroxyl groups is 2. The third-order valence-electron chi connectivity index (χ3n) is 7.07. The van der Waals surface area contributed by atoms with E-state index in [0.29, 0.717) is 33.6 Å². The molecule has 0 radical (unpaired) electrons. The van der Waals surface area contributed by atoms with Crippen LogP contribution in [0.1, 0.15) is 0 Å². The monoisotopic (exact) mass is 586 g/mol. The molecule has 6 aromatic carbocycles. The van der Waals surface area contributed by atoms with Gasteiger partial charge in [-0.2, -0.15) is 8.42 Å². The van der Waals surface area contributed by atoms with Gasteiger partial charge < -0.3 is 14.9 Å². The van der Waals surface area contributed by atoms with Gasteiger partial charge in [-0.25, -0.2) is 0 Å². The van der Waals surface area contributed by atoms with Gasteiger partial charge in [0.1, 0.15) is 27.9 Å². The number of benzene rings is 6. The highest BCUT2D eigenvalue weighted by atomic mass is 32.2. The van der Waals surface area contributed by atoms with Gasteiger partial charge in [0, 0.05) is 22.3 Å². The molecule has 6 rings (SSSR count). The fourth-order valence-corrected chi connectivity index (χ4v) is 5.98. The molecule has 43 heavy (non-hydrogen) atoms. The SMILES string of the molecule is O=S(=O)(O)c1c(O)cc(-c2ccccc2)c(Oc2c(-c3ccccc3)cc(O)cc2-c2ccccc2)c1-c1ccccc1. The van der Waals surface area contributed by atoms with E-state index in [1.54, 1.807) is 42.5 Å². The summed E-state index contributed by atoms with van der Waals surface area (Å²) in [6.07, 6.45) is 0. The second-order valence-electron chi connectivity index (χ2n) is 9.89. The summed E-state index contributed by atoms with van der Waals surface area (Å²) in [5, 5.41) is 22.0. The van der Waals surface area contributed by atoms with Crippen molar-refractivity contribution in [2.75, 3.05) is 0 Å². The lowest BCUT2D eigenvalue weighted by atomic mass is 9.94. The molecule has 0 spiro atoms. The van der Waals surface area contributed by atoms with Crippen LogP contribution < -0.4 is 4.74 Å². The van der Waals surface area contributed by atoms with E-state index in [0.717, 1.165) is 11.1 Å². The summed E-state index contributed by atoms with van der Waals surface area (Å²) in [4.78, 5) is -0.672. The molecule has 0 unspecified atom stereocenters. The molecule has 0 fully saturated rings. The van der Waals surface area contributed by atoms with Crippen molar-refractivity contribution < 1.29 is 27.9 Å². The van der Waals surface area contributed by atoms with Crippen LogP contribution in [0.3, 0.4) is 0 Å². The highest BCUT2D eigenvalue weighted by Crippen LogP contribution is 2.52. The molecule has 212 valence electrons. The molecule has 0 saturated heterocycles. The molecular weight excluding hydrogens is 560 g/mol. The van der Waals surface area contributed by atoms with E-state index >= 15 is 0 Å². The Morgan fingerprint density at radius 1 is 0.488 bits per heavy atom. The molecule has 0 aliphatic heterocycles. The Morgan fingerprint density at radius 3 is 1.26 bits per heavy atom. The smallest absolute Gasteiger partial charge is 0.298 e. The zero-order valence-corrected chi connectivity index (χ0v) is 23.6. The largest absolute Gasteiger partial charge is 0.508 e. The lowest BCUT2D eigenvalue weighted by Crippen LogP contribution is -2.05. The van der Waals surface area contributed by atoms with Gasteiger partial charge in [-0.1, -0.05) is 121 Å². The number of phenols is 2. The lowest BCUT2D eigenvalue weighted by molar-refractivity contribution is 0.438. The molecular formula is C36H26O6S. The standard InChI is InChI=1S/C36H26O6S/c37-28-21-29(24-13-5-1-6-14-24)34(30(22-28)25-15-7-2-8-16-25)42-35-31(26-17-9-3-10-18-26)23-32(38)36(43(39,40)41)33(35)27-19-11-4-12-20-27/h1-23,37-38H,(H,39,40,41). The van der Waals surface area contributed by atoms with Crippen molar-refractivity contribution in [3.8, 4) is 67.5 Å². The number of rotatable bonds is 7. The Kier molecular flexibility index (Phi) is 7.42. The topological polar surface area (TPSA) is 104 Å². The zero-order valence-electron chi connectivity index (χ0n) is 22.8. The van der Waals surface area contributed by atoms with Gasteiger partial charge in [0.25, 0.3) is 10.1 Å². The number of ether oxygens (including phenoxy) is 1. The van der Waals surface area contributed by atoms with Gasteiger partial charge in [0.2, 0.25) is 0 Å². The summed E-state index contributed by atoms with van der Waals surface area (Å²) in [5.74, 6) is -0.162. The van der Waals surface area contributed by atoms with Crippen molar-refractivity contribution in [3.63, 3.8) is 0 Å². The summed E-state index contributed by atoms with van der Waals surface area (Å²) in [7, 11) is -4.93. The maximum atomic E-state index is 12.8. The van der Waals surface area contributed by atoms with Crippen molar-refractivity contribution in [1.29, 1.82) is 0 Å². The molecule has 6 nitrogen and oxygen atoms in total. The van der Waals surface area contributed by atoms with E-state index in [-0.39, 0.29) is 17.1 Å². The van der Waals surface area contributed by atoms with E-state index in [1.807, 2.05) is 91.0 Å². The maximum Gasteiger partial charge on any atom is 0.298 e. The number of phenolic OH excluding ortho intramolecular Hbond substituents is 2. The van der Waals surface area contributed by atoms with Gasteiger partial charge in [-0.3, -0.25) is 4.55 Å². The van der Waals surface area contributed by atoms with Gasteiger partial charge in [-0.15, -0.1) is 0 Å². The van der Waals surface area contributed by atoms with Crippen LogP contribution in [0.5, 0.6) is 23.0 Å². The first kappa shape index (κ1) is 27.8. The molecule has 6 aromatic rings. The average molecular weight is 587 g/mol. The minimum atomic E-state index is -4.93. The summed E-state index contributed by atoms with van der Waals surface area (Å²) in [6.45, 7) is 0. The molecule has 0 aliphatic carbocycles. The molecule has 0 saturated carbocycles. The van der Waals surface area contributed by atoms with E-state index in [2.05, 4.69) is 0 Å². The minimum absolute atomic E-state index is 0.00643. The molecule has 0 aromatic heterocycles. The van der Waals surface area contributed by atoms with E-state index < -0.39 is 20.8 Å². The van der Waals surface area contributed by atoms with Crippen molar-refractivity contribution >= 4 is 10.1 Å². The molecule has 7 heteroatoms. The Labute approximate surface area is 249 Å². The van der Waals surface area contributed by atoms with Gasteiger partial charge in [0.15, 0.2) is 0 Å². The normalized spacial score (nSPS) is 11.3. The summed E-state index contributed by atoms with van der Waals surface area (Å²) < 4.78 is 42.9. The summed E-state index contributed by atoms with van der Waals surface area (Å²) in [6, 6.07) is 40.9. The fraction of sp³-hybridized carbons (Fsp3) is 0. The predicted molar refractivity (Wildman–Crippen MR) is 168 cm³/mol. The third-order valence-corrected chi connectivity index (χ3v) is 7.99. The van der Waals surface area contributed by atoms with E-state index in [1.165, 1.54) is 6.07 Å². The Hall–Kier alpha value is -5.37. The van der Waals surface area contributed by atoms with Gasteiger partial charge in [-0.05, 0) is 40.5 Å². The molecule has 0 heterocycles. The van der Waals surface area contributed by atoms with Gasteiger partial charge in [0.05, 0.1) is 0 Å². The van der Waals surface area contributed by atoms with Crippen molar-refractivity contribution in [1.82, 2.24) is 0 Å². The second-order valence-corrected chi connectivity index (χ2v) is 11.2. The van der Waals surface area contributed by atoms with Crippen LogP contribution in [0, 0.1) is 0 Å². The van der Waals surface area contributed by atoms with Crippen molar-refractivity contribution in [2.24, 2.45) is 0 Å². The third kappa shape index (κ3) is 5.59. The number of hydrogen-bond donors (Lipinski definition) is 3. The summed E-state index contributed by atoms with van der Waals surface area (Å²) >= 11 is 0. The van der Waals surface area contributed by atoms with E-state index in [4.69, 9.17) is 4.74 Å². The van der Waals surface area contributed by atoms with Crippen LogP contribution in [0.2, 0.25) is 0 Å². The van der Waals surface area contributed by atoms with Crippen LogP contribution in [0.15, 0.2) is 144 Å². The molecule has 3 N–H and O–H groups in total. The molecule has 0 amide bonds. The average Bonchev–Trinajstić information content (AvgIpc) is 3.03. The summed E-state index contributed by atoms with van der Waals surface area (Å²) in [5.41, 5.74) is 4.05. The quantitative estimate of drug-likeness (QED) is 0.162. The Morgan fingerprint density at radius 2 is 0.860 bits per heavy atom. The van der Waals surface area contributed by atoms with Crippen LogP contribution >= 0.6 is 0 Å². The van der Waals surface area contributed by atoms with Crippen LogP contribution in [-0.2, 0) is 10.1 Å². The van der Waals surface area contributed by atoms with Crippen molar-refractivity contribution in [3.05, 3.63) is 140 Å². The Balaban J connectivity index is 1.75. The van der Waals surface area contributed by atoms with Gasteiger partial charge >= 0.3 is 0 Å². The van der Waals surface area contributed by atoms with Crippen LogP contribution in [0.25, 0.3) is 44.5 Å². The highest BCUT2D eigenvalue weighted by molar-refractivity contribution is 7.86. The molecule has 0 bridgehead atoms. The highest BCUT2D eigenvalue weighted by Gasteiger charge is 2.30. The van der Waals surface area contributed by atoms with E-state index in [9.17, 15) is 23.2 Å². The second kappa shape index (κ2) is 11.5. The molecule has 0 aliphatic rings. The first-order valence-electron chi connectivity index (χ1n) is 13.5. The zero-order chi connectivity index (χ0) is 30.0. The van der Waals surface area contributed by atoms with Crippen molar-refractivity contribution in [2.45, 2.75) is 4.90 Å². The minimum Gasteiger partial charge on any atom is -0.508 e. The Bertz CT molecular complexity index is 1950. The molecule has 0 atom stereocenters. The maximum absolute atomic E-state index is 12.8. The fourth-order valence-electron chi connectivity index (χ4n) is 5.19. The van der Waals surface area contributed by atoms with Crippen LogP contribution in [0.4, 0.5) is 0 Å². The van der Waals surface area contributed by atoms with Crippen LogP contribution in [-0.4, -0.2) is 23.2 Å². The first-order chi connectivity index (χ1) is 20.8.